The molecule has 0 aliphatic heterocycles. The highest BCUT2D eigenvalue weighted by molar-refractivity contribution is 7.53. The summed E-state index contributed by atoms with van der Waals surface area (Å²) >= 11 is 0. The Bertz CT molecular complexity index is 562. The molecule has 0 aliphatic rings. The molecule has 0 aliphatic carbocycles. The van der Waals surface area contributed by atoms with Gasteiger partial charge in [-0.1, -0.05) is 12.1 Å². The van der Waals surface area contributed by atoms with Crippen LogP contribution in [0, 0.1) is 0 Å². The van der Waals surface area contributed by atoms with E-state index in [2.05, 4.69) is 10.1 Å². The molecule has 0 heterocycles. The zero-order valence-corrected chi connectivity index (χ0v) is 14.4. The van der Waals surface area contributed by atoms with Crippen molar-refractivity contribution >= 4 is 19.6 Å². The zero-order valence-electron chi connectivity index (χ0n) is 13.5. The van der Waals surface area contributed by atoms with Gasteiger partial charge in [0.15, 0.2) is 0 Å². The maximum absolute atomic E-state index is 12.4. The van der Waals surface area contributed by atoms with Crippen LogP contribution in [-0.2, 0) is 24.5 Å². The predicted octanol–water partition coefficient (Wildman–Crippen LogP) is 3.34. The fourth-order valence-corrected chi connectivity index (χ4v) is 3.54. The van der Waals surface area contributed by atoms with Crippen LogP contribution in [0.2, 0.25) is 0 Å². The van der Waals surface area contributed by atoms with E-state index in [0.29, 0.717) is 11.1 Å². The van der Waals surface area contributed by atoms with Crippen molar-refractivity contribution in [2.45, 2.75) is 26.9 Å². The Morgan fingerprint density at radius 2 is 1.57 bits per heavy atom. The third kappa shape index (κ3) is 6.52. The smallest absolute Gasteiger partial charge is 0.414 e. The molecule has 0 radical (unpaired) electrons. The third-order valence-corrected chi connectivity index (χ3v) is 4.79. The minimum atomic E-state index is -3.19. The number of ether oxygens (including phenoxy) is 1. The van der Waals surface area contributed by atoms with Crippen LogP contribution in [0.4, 0.5) is 4.79 Å². The van der Waals surface area contributed by atoms with Crippen molar-refractivity contribution in [2.75, 3.05) is 19.8 Å². The van der Waals surface area contributed by atoms with E-state index in [0.717, 1.165) is 0 Å². The molecule has 0 fully saturated rings. The van der Waals surface area contributed by atoms with E-state index in [4.69, 9.17) is 9.05 Å². The molecule has 8 heteroatoms. The summed E-state index contributed by atoms with van der Waals surface area (Å²) in [6.45, 7) is 5.90. The molecule has 1 N–H and O–H groups in total. The molecule has 1 aromatic rings. The van der Waals surface area contributed by atoms with Gasteiger partial charge in [-0.05, 0) is 38.5 Å². The molecule has 7 nitrogen and oxygen atoms in total. The molecule has 0 spiro atoms. The lowest BCUT2D eigenvalue weighted by Crippen LogP contribution is -2.30. The number of amides is 2. The SMILES string of the molecule is CCOC(=O)NC(=O)c1ccc(CP(=O)(OCC)OCC)cc1. The van der Waals surface area contributed by atoms with Gasteiger partial charge in [0, 0.05) is 5.56 Å². The highest BCUT2D eigenvalue weighted by atomic mass is 31.2. The second-order valence-electron chi connectivity index (χ2n) is 4.48. The van der Waals surface area contributed by atoms with E-state index in [1.807, 2.05) is 0 Å². The van der Waals surface area contributed by atoms with E-state index < -0.39 is 19.6 Å². The number of carbonyl (C=O) groups excluding carboxylic acids is 2. The topological polar surface area (TPSA) is 90.9 Å². The minimum absolute atomic E-state index is 0.119. The average molecular weight is 343 g/mol. The van der Waals surface area contributed by atoms with Crippen LogP contribution in [0.1, 0.15) is 36.7 Å². The van der Waals surface area contributed by atoms with Gasteiger partial charge >= 0.3 is 13.7 Å². The van der Waals surface area contributed by atoms with Gasteiger partial charge in [-0.2, -0.15) is 0 Å². The lowest BCUT2D eigenvalue weighted by atomic mass is 10.1. The van der Waals surface area contributed by atoms with Crippen molar-refractivity contribution < 1.29 is 27.9 Å². The lowest BCUT2D eigenvalue weighted by molar-refractivity contribution is 0.0925. The van der Waals surface area contributed by atoms with Crippen molar-refractivity contribution in [1.82, 2.24) is 5.32 Å². The Labute approximate surface area is 135 Å². The summed E-state index contributed by atoms with van der Waals surface area (Å²) in [6, 6.07) is 6.35. The van der Waals surface area contributed by atoms with Gasteiger partial charge in [-0.15, -0.1) is 0 Å². The van der Waals surface area contributed by atoms with Crippen molar-refractivity contribution in [3.8, 4) is 0 Å². The number of hydrogen-bond acceptors (Lipinski definition) is 6. The van der Waals surface area contributed by atoms with E-state index >= 15 is 0 Å². The van der Waals surface area contributed by atoms with Gasteiger partial charge in [0.05, 0.1) is 26.0 Å². The van der Waals surface area contributed by atoms with Gasteiger partial charge in [0.1, 0.15) is 0 Å². The van der Waals surface area contributed by atoms with E-state index in [9.17, 15) is 14.2 Å². The number of alkyl carbamates (subject to hydrolysis) is 1. The van der Waals surface area contributed by atoms with E-state index in [-0.39, 0.29) is 26.0 Å². The van der Waals surface area contributed by atoms with Crippen molar-refractivity contribution in [1.29, 1.82) is 0 Å². The number of imide groups is 1. The Balaban J connectivity index is 2.74. The van der Waals surface area contributed by atoms with Gasteiger partial charge < -0.3 is 13.8 Å². The molecule has 1 rings (SSSR count). The molecule has 1 aromatic carbocycles. The second-order valence-corrected chi connectivity index (χ2v) is 6.53. The quantitative estimate of drug-likeness (QED) is 0.728. The average Bonchev–Trinajstić information content (AvgIpc) is 2.48. The van der Waals surface area contributed by atoms with E-state index in [1.54, 1.807) is 32.9 Å². The first kappa shape index (κ1) is 19.4. The van der Waals surface area contributed by atoms with Crippen LogP contribution in [0.15, 0.2) is 24.3 Å². The maximum atomic E-state index is 12.4. The Hall–Kier alpha value is -1.69. The highest BCUT2D eigenvalue weighted by Crippen LogP contribution is 2.51. The van der Waals surface area contributed by atoms with Gasteiger partial charge in [-0.25, -0.2) is 4.79 Å². The summed E-state index contributed by atoms with van der Waals surface area (Å²) < 4.78 is 27.5. The van der Waals surface area contributed by atoms with Gasteiger partial charge in [0.2, 0.25) is 0 Å². The molecule has 23 heavy (non-hydrogen) atoms. The Kier molecular flexibility index (Phi) is 7.95. The van der Waals surface area contributed by atoms with Crippen LogP contribution >= 0.6 is 7.60 Å². The lowest BCUT2D eigenvalue weighted by Gasteiger charge is -2.17. The first-order valence-electron chi connectivity index (χ1n) is 7.39. The van der Waals surface area contributed by atoms with Crippen molar-refractivity contribution in [3.05, 3.63) is 35.4 Å². The van der Waals surface area contributed by atoms with E-state index in [1.165, 1.54) is 12.1 Å². The second kappa shape index (κ2) is 9.45. The molecular weight excluding hydrogens is 321 g/mol. The zero-order chi connectivity index (χ0) is 17.3. The summed E-state index contributed by atoms with van der Waals surface area (Å²) in [5, 5.41) is 2.10. The fraction of sp³-hybridized carbons (Fsp3) is 0.467. The number of nitrogens with one attached hydrogen (secondary N) is 1. The molecule has 0 saturated heterocycles. The Morgan fingerprint density at radius 1 is 1.00 bits per heavy atom. The normalized spacial score (nSPS) is 11.1. The fourth-order valence-electron chi connectivity index (χ4n) is 1.84. The highest BCUT2D eigenvalue weighted by Gasteiger charge is 2.24. The standard InChI is InChI=1S/C15H22NO6P/c1-4-20-15(18)16-14(17)13-9-7-12(8-10-13)11-23(19,21-5-2)22-6-3/h7-10H,4-6,11H2,1-3H3,(H,16,17,18). The monoisotopic (exact) mass is 343 g/mol. The largest absolute Gasteiger partial charge is 0.450 e. The van der Waals surface area contributed by atoms with Gasteiger partial charge in [-0.3, -0.25) is 14.7 Å². The van der Waals surface area contributed by atoms with Crippen LogP contribution in [0.25, 0.3) is 0 Å². The number of hydrogen-bond donors (Lipinski definition) is 1. The summed E-state index contributed by atoms with van der Waals surface area (Å²) in [5.74, 6) is -0.562. The number of carbonyl (C=O) groups is 2. The minimum Gasteiger partial charge on any atom is -0.450 e. The predicted molar refractivity (Wildman–Crippen MR) is 85.5 cm³/mol. The number of benzene rings is 1. The van der Waals surface area contributed by atoms with Crippen LogP contribution in [0.5, 0.6) is 0 Å². The molecule has 0 bridgehead atoms. The summed E-state index contributed by atoms with van der Waals surface area (Å²) in [7, 11) is -3.19. The van der Waals surface area contributed by atoms with Crippen molar-refractivity contribution in [2.24, 2.45) is 0 Å². The maximum Gasteiger partial charge on any atom is 0.414 e. The third-order valence-electron chi connectivity index (χ3n) is 2.73. The molecule has 0 unspecified atom stereocenters. The molecular formula is C15H22NO6P. The Morgan fingerprint density at radius 3 is 2.04 bits per heavy atom. The van der Waals surface area contributed by atoms with Crippen LogP contribution < -0.4 is 5.32 Å². The van der Waals surface area contributed by atoms with Crippen LogP contribution in [-0.4, -0.2) is 31.8 Å². The molecule has 128 valence electrons. The summed E-state index contributed by atoms with van der Waals surface area (Å²) in [6.07, 6.45) is -0.673. The first-order valence-corrected chi connectivity index (χ1v) is 9.12. The van der Waals surface area contributed by atoms with Gasteiger partial charge in [0.25, 0.3) is 5.91 Å². The summed E-state index contributed by atoms with van der Waals surface area (Å²) in [5.41, 5.74) is 1.01. The molecule has 0 saturated carbocycles. The first-order chi connectivity index (χ1) is 10.9. The van der Waals surface area contributed by atoms with Crippen molar-refractivity contribution in [3.63, 3.8) is 0 Å². The summed E-state index contributed by atoms with van der Waals surface area (Å²) in [4.78, 5) is 23.0. The number of rotatable bonds is 8. The van der Waals surface area contributed by atoms with Crippen LogP contribution in [0.3, 0.4) is 0 Å². The molecule has 0 aromatic heterocycles. The molecule has 2 amide bonds. The molecule has 0 atom stereocenters.